The number of hydrogen-bond acceptors (Lipinski definition) is 3. The summed E-state index contributed by atoms with van der Waals surface area (Å²) in [5.74, 6) is -1.53. The van der Waals surface area contributed by atoms with Crippen LogP contribution < -0.4 is 0 Å². The van der Waals surface area contributed by atoms with E-state index in [4.69, 9.17) is 9.52 Å². The van der Waals surface area contributed by atoms with Gasteiger partial charge in [0.05, 0.1) is 11.3 Å². The summed E-state index contributed by atoms with van der Waals surface area (Å²) in [6, 6.07) is 4.04. The molecule has 0 amide bonds. The highest BCUT2D eigenvalue weighted by Gasteiger charge is 2.20. The minimum absolute atomic E-state index is 0.159. The summed E-state index contributed by atoms with van der Waals surface area (Å²) in [4.78, 5) is 15.3. The lowest BCUT2D eigenvalue weighted by Gasteiger charge is -1.99. The van der Waals surface area contributed by atoms with Gasteiger partial charge in [0.15, 0.2) is 0 Å². The Balaban J connectivity index is 2.50. The molecular formula is C13H11BrFNO3. The molecule has 1 aromatic heterocycles. The summed E-state index contributed by atoms with van der Waals surface area (Å²) < 4.78 is 18.8. The van der Waals surface area contributed by atoms with Crippen LogP contribution in [0.5, 0.6) is 0 Å². The molecule has 0 fully saturated rings. The third-order valence-electron chi connectivity index (χ3n) is 2.54. The summed E-state index contributed by atoms with van der Waals surface area (Å²) in [5.41, 5.74) is 0.924. The fourth-order valence-electron chi connectivity index (χ4n) is 1.70. The van der Waals surface area contributed by atoms with Crippen molar-refractivity contribution in [2.45, 2.75) is 19.8 Å². The zero-order valence-electron chi connectivity index (χ0n) is 10.1. The van der Waals surface area contributed by atoms with Crippen LogP contribution in [0.15, 0.2) is 27.1 Å². The summed E-state index contributed by atoms with van der Waals surface area (Å²) in [6.07, 6.45) is 1.28. The lowest BCUT2D eigenvalue weighted by Crippen LogP contribution is -1.99. The highest BCUT2D eigenvalue weighted by Crippen LogP contribution is 2.30. The third-order valence-corrected chi connectivity index (χ3v) is 3.20. The van der Waals surface area contributed by atoms with Crippen molar-refractivity contribution < 1.29 is 18.7 Å². The predicted molar refractivity (Wildman–Crippen MR) is 70.6 cm³/mol. The second-order valence-electron chi connectivity index (χ2n) is 3.97. The molecule has 19 heavy (non-hydrogen) atoms. The number of aromatic nitrogens is 1. The number of carboxylic acid groups (broad SMARTS) is 1. The van der Waals surface area contributed by atoms with Gasteiger partial charge in [-0.3, -0.25) is 0 Å². The maximum atomic E-state index is 13.0. The molecule has 0 spiro atoms. The zero-order chi connectivity index (χ0) is 14.0. The van der Waals surface area contributed by atoms with Gasteiger partial charge < -0.3 is 9.52 Å². The number of carbonyl (C=O) groups is 1. The van der Waals surface area contributed by atoms with Crippen molar-refractivity contribution in [1.29, 1.82) is 0 Å². The van der Waals surface area contributed by atoms with E-state index in [0.717, 1.165) is 6.42 Å². The van der Waals surface area contributed by atoms with Gasteiger partial charge in [-0.1, -0.05) is 13.3 Å². The SMILES string of the molecule is CCCc1nc(-c2ccc(F)cc2Br)oc1C(=O)O. The first kappa shape index (κ1) is 13.7. The minimum atomic E-state index is -1.15. The van der Waals surface area contributed by atoms with Crippen LogP contribution in [0.2, 0.25) is 0 Å². The normalized spacial score (nSPS) is 10.7. The van der Waals surface area contributed by atoms with Crippen molar-refractivity contribution in [2.24, 2.45) is 0 Å². The van der Waals surface area contributed by atoms with Gasteiger partial charge in [0.1, 0.15) is 5.82 Å². The molecule has 0 unspecified atom stereocenters. The molecule has 0 aliphatic heterocycles. The van der Waals surface area contributed by atoms with Crippen LogP contribution in [0.25, 0.3) is 11.5 Å². The van der Waals surface area contributed by atoms with E-state index in [1.165, 1.54) is 18.2 Å². The van der Waals surface area contributed by atoms with Gasteiger partial charge in [0.25, 0.3) is 0 Å². The molecule has 4 nitrogen and oxygen atoms in total. The van der Waals surface area contributed by atoms with Crippen molar-refractivity contribution in [2.75, 3.05) is 0 Å². The first-order valence-electron chi connectivity index (χ1n) is 5.71. The molecule has 1 heterocycles. The molecule has 0 aliphatic carbocycles. The maximum Gasteiger partial charge on any atom is 0.373 e. The van der Waals surface area contributed by atoms with Crippen molar-refractivity contribution in [3.63, 3.8) is 0 Å². The van der Waals surface area contributed by atoms with Gasteiger partial charge in [0, 0.05) is 4.47 Å². The Kier molecular flexibility index (Phi) is 3.99. The molecule has 0 saturated heterocycles. The quantitative estimate of drug-likeness (QED) is 0.925. The van der Waals surface area contributed by atoms with Crippen molar-refractivity contribution in [3.8, 4) is 11.5 Å². The second kappa shape index (κ2) is 5.52. The number of oxazole rings is 1. The largest absolute Gasteiger partial charge is 0.475 e. The van der Waals surface area contributed by atoms with E-state index in [1.807, 2.05) is 6.92 Å². The number of carboxylic acids is 1. The monoisotopic (exact) mass is 327 g/mol. The first-order valence-corrected chi connectivity index (χ1v) is 6.50. The molecule has 2 aromatic rings. The van der Waals surface area contributed by atoms with Crippen molar-refractivity contribution in [3.05, 3.63) is 39.9 Å². The number of hydrogen-bond donors (Lipinski definition) is 1. The Labute approximate surface area is 117 Å². The van der Waals surface area contributed by atoms with Gasteiger partial charge in [-0.25, -0.2) is 14.2 Å². The average Bonchev–Trinajstić information content (AvgIpc) is 2.73. The van der Waals surface area contributed by atoms with E-state index in [9.17, 15) is 9.18 Å². The summed E-state index contributed by atoms with van der Waals surface area (Å²) in [7, 11) is 0. The molecule has 0 aliphatic rings. The number of aryl methyl sites for hydroxylation is 1. The number of rotatable bonds is 4. The van der Waals surface area contributed by atoms with Crippen LogP contribution in [-0.4, -0.2) is 16.1 Å². The van der Waals surface area contributed by atoms with E-state index in [2.05, 4.69) is 20.9 Å². The lowest BCUT2D eigenvalue weighted by atomic mass is 10.2. The van der Waals surface area contributed by atoms with E-state index in [0.29, 0.717) is 22.2 Å². The molecule has 6 heteroatoms. The molecule has 2 rings (SSSR count). The van der Waals surface area contributed by atoms with Gasteiger partial charge in [0.2, 0.25) is 11.7 Å². The van der Waals surface area contributed by atoms with Crippen molar-refractivity contribution in [1.82, 2.24) is 4.98 Å². The molecule has 1 aromatic carbocycles. The smallest absolute Gasteiger partial charge is 0.373 e. The number of aromatic carboxylic acids is 1. The Hall–Kier alpha value is -1.69. The van der Waals surface area contributed by atoms with E-state index >= 15 is 0 Å². The Morgan fingerprint density at radius 3 is 2.84 bits per heavy atom. The topological polar surface area (TPSA) is 63.3 Å². The Morgan fingerprint density at radius 2 is 2.26 bits per heavy atom. The van der Waals surface area contributed by atoms with Crippen LogP contribution in [0.1, 0.15) is 29.6 Å². The predicted octanol–water partition coefficient (Wildman–Crippen LogP) is 3.89. The van der Waals surface area contributed by atoms with Crippen LogP contribution in [0.4, 0.5) is 4.39 Å². The minimum Gasteiger partial charge on any atom is -0.475 e. The van der Waals surface area contributed by atoms with Crippen LogP contribution in [0, 0.1) is 5.82 Å². The first-order chi connectivity index (χ1) is 9.02. The van der Waals surface area contributed by atoms with E-state index in [1.54, 1.807) is 0 Å². The number of benzene rings is 1. The van der Waals surface area contributed by atoms with Gasteiger partial charge in [-0.15, -0.1) is 0 Å². The molecule has 1 N–H and O–H groups in total. The Morgan fingerprint density at radius 1 is 1.53 bits per heavy atom. The van der Waals surface area contributed by atoms with E-state index < -0.39 is 11.8 Å². The van der Waals surface area contributed by atoms with Crippen LogP contribution in [0.3, 0.4) is 0 Å². The molecular weight excluding hydrogens is 317 g/mol. The molecule has 0 bridgehead atoms. The maximum absolute atomic E-state index is 13.0. The highest BCUT2D eigenvalue weighted by molar-refractivity contribution is 9.10. The highest BCUT2D eigenvalue weighted by atomic mass is 79.9. The fourth-order valence-corrected chi connectivity index (χ4v) is 2.22. The fraction of sp³-hybridized carbons (Fsp3) is 0.231. The van der Waals surface area contributed by atoms with Gasteiger partial charge in [-0.2, -0.15) is 0 Å². The lowest BCUT2D eigenvalue weighted by molar-refractivity contribution is 0.0661. The van der Waals surface area contributed by atoms with Crippen LogP contribution in [-0.2, 0) is 6.42 Å². The molecule has 0 radical (unpaired) electrons. The molecule has 100 valence electrons. The molecule has 0 saturated carbocycles. The molecule has 0 atom stereocenters. The number of nitrogens with zero attached hydrogens (tertiary/aromatic N) is 1. The van der Waals surface area contributed by atoms with E-state index in [-0.39, 0.29) is 11.7 Å². The zero-order valence-corrected chi connectivity index (χ0v) is 11.7. The number of halogens is 2. The van der Waals surface area contributed by atoms with Crippen LogP contribution >= 0.6 is 15.9 Å². The summed E-state index contributed by atoms with van der Waals surface area (Å²) >= 11 is 3.21. The second-order valence-corrected chi connectivity index (χ2v) is 4.83. The third kappa shape index (κ3) is 2.84. The standard InChI is InChI=1S/C13H11BrFNO3/c1-2-3-10-11(13(17)18)19-12(16-10)8-5-4-7(15)6-9(8)14/h4-6H,2-3H2,1H3,(H,17,18). The van der Waals surface area contributed by atoms with Gasteiger partial charge in [-0.05, 0) is 40.5 Å². The summed E-state index contributed by atoms with van der Waals surface area (Å²) in [5, 5.41) is 9.06. The van der Waals surface area contributed by atoms with Crippen molar-refractivity contribution >= 4 is 21.9 Å². The summed E-state index contributed by atoms with van der Waals surface area (Å²) in [6.45, 7) is 1.92. The Bertz CT molecular complexity index is 624. The van der Waals surface area contributed by atoms with Gasteiger partial charge >= 0.3 is 5.97 Å². The average molecular weight is 328 g/mol.